The number of amides is 2. The number of carbonyl (C=O) groups excluding carboxylic acids is 2. The van der Waals surface area contributed by atoms with Gasteiger partial charge in [-0.1, -0.05) is 13.0 Å². The molecule has 0 saturated carbocycles. The summed E-state index contributed by atoms with van der Waals surface area (Å²) in [7, 11) is 0. The van der Waals surface area contributed by atoms with Gasteiger partial charge in [0.2, 0.25) is 0 Å². The average Bonchev–Trinajstić information content (AvgIpc) is 2.67. The van der Waals surface area contributed by atoms with Crippen molar-refractivity contribution >= 4 is 17.5 Å². The van der Waals surface area contributed by atoms with E-state index >= 15 is 0 Å². The fourth-order valence-corrected chi connectivity index (χ4v) is 2.89. The van der Waals surface area contributed by atoms with Gasteiger partial charge in [0.15, 0.2) is 0 Å². The van der Waals surface area contributed by atoms with Crippen LogP contribution in [0, 0.1) is 5.82 Å². The molecular weight excluding hydrogens is 335 g/mol. The molecule has 6 nitrogen and oxygen atoms in total. The van der Waals surface area contributed by atoms with Crippen LogP contribution in [0.5, 0.6) is 0 Å². The highest BCUT2D eigenvalue weighted by Gasteiger charge is 2.22. The number of pyridine rings is 1. The monoisotopic (exact) mass is 356 g/mol. The topological polar surface area (TPSA) is 65.5 Å². The van der Waals surface area contributed by atoms with Crippen LogP contribution in [0.15, 0.2) is 42.6 Å². The minimum absolute atomic E-state index is 0.179. The van der Waals surface area contributed by atoms with Gasteiger partial charge in [0.1, 0.15) is 11.5 Å². The number of aromatic nitrogens is 1. The smallest absolute Gasteiger partial charge is 0.272 e. The molecule has 0 bridgehead atoms. The van der Waals surface area contributed by atoms with Crippen LogP contribution in [0.2, 0.25) is 0 Å². The molecule has 26 heavy (non-hydrogen) atoms. The maximum atomic E-state index is 13.2. The van der Waals surface area contributed by atoms with Crippen molar-refractivity contribution in [2.24, 2.45) is 0 Å². The lowest BCUT2D eigenvalue weighted by molar-refractivity contribution is 0.0637. The molecule has 0 aliphatic carbocycles. The number of benzene rings is 1. The average molecular weight is 356 g/mol. The second-order valence-corrected chi connectivity index (χ2v) is 6.12. The molecule has 2 heterocycles. The van der Waals surface area contributed by atoms with Crippen molar-refractivity contribution in [3.05, 3.63) is 59.7 Å². The lowest BCUT2D eigenvalue weighted by atomic mass is 10.2. The summed E-state index contributed by atoms with van der Waals surface area (Å²) in [4.78, 5) is 33.1. The molecule has 3 rings (SSSR count). The first-order chi connectivity index (χ1) is 12.6. The van der Waals surface area contributed by atoms with Gasteiger partial charge in [0.05, 0.1) is 0 Å². The van der Waals surface area contributed by atoms with Crippen LogP contribution in [-0.2, 0) is 0 Å². The first-order valence-electron chi connectivity index (χ1n) is 8.61. The Hall–Kier alpha value is -2.80. The zero-order valence-corrected chi connectivity index (χ0v) is 14.6. The largest absolute Gasteiger partial charge is 0.335 e. The van der Waals surface area contributed by atoms with Crippen LogP contribution in [-0.4, -0.2) is 59.3 Å². The van der Waals surface area contributed by atoms with E-state index in [-0.39, 0.29) is 11.6 Å². The van der Waals surface area contributed by atoms with E-state index in [4.69, 9.17) is 0 Å². The summed E-state index contributed by atoms with van der Waals surface area (Å²) in [6, 6.07) is 8.66. The van der Waals surface area contributed by atoms with Crippen molar-refractivity contribution in [3.8, 4) is 0 Å². The molecule has 1 saturated heterocycles. The van der Waals surface area contributed by atoms with E-state index in [0.29, 0.717) is 24.3 Å². The molecule has 1 aliphatic rings. The molecule has 1 aliphatic heterocycles. The van der Waals surface area contributed by atoms with Crippen LogP contribution < -0.4 is 5.32 Å². The van der Waals surface area contributed by atoms with Crippen LogP contribution in [0.4, 0.5) is 10.1 Å². The Kier molecular flexibility index (Phi) is 5.58. The number of carbonyl (C=O) groups is 2. The van der Waals surface area contributed by atoms with Gasteiger partial charge >= 0.3 is 0 Å². The number of nitrogens with zero attached hydrogens (tertiary/aromatic N) is 3. The van der Waals surface area contributed by atoms with Gasteiger partial charge in [-0.3, -0.25) is 14.6 Å². The molecule has 2 amide bonds. The van der Waals surface area contributed by atoms with Crippen LogP contribution in [0.1, 0.15) is 27.8 Å². The number of rotatable bonds is 4. The van der Waals surface area contributed by atoms with Gasteiger partial charge < -0.3 is 15.1 Å². The van der Waals surface area contributed by atoms with Gasteiger partial charge in [-0.25, -0.2) is 4.39 Å². The second-order valence-electron chi connectivity index (χ2n) is 6.12. The van der Waals surface area contributed by atoms with Crippen molar-refractivity contribution in [1.29, 1.82) is 0 Å². The molecule has 1 N–H and O–H groups in total. The van der Waals surface area contributed by atoms with Crippen LogP contribution in [0.3, 0.4) is 0 Å². The third kappa shape index (κ3) is 4.23. The van der Waals surface area contributed by atoms with Crippen LogP contribution in [0.25, 0.3) is 0 Å². The Morgan fingerprint density at radius 2 is 1.92 bits per heavy atom. The van der Waals surface area contributed by atoms with E-state index in [9.17, 15) is 14.0 Å². The number of anilines is 1. The zero-order valence-electron chi connectivity index (χ0n) is 14.6. The van der Waals surface area contributed by atoms with E-state index in [0.717, 1.165) is 19.6 Å². The van der Waals surface area contributed by atoms with Crippen molar-refractivity contribution in [3.63, 3.8) is 0 Å². The normalized spacial score (nSPS) is 14.9. The number of piperazine rings is 1. The predicted molar refractivity (Wildman–Crippen MR) is 96.6 cm³/mol. The number of hydrogen-bond donors (Lipinski definition) is 1. The summed E-state index contributed by atoms with van der Waals surface area (Å²) >= 11 is 0. The van der Waals surface area contributed by atoms with Crippen LogP contribution >= 0.6 is 0 Å². The predicted octanol–water partition coefficient (Wildman–Crippen LogP) is 2.25. The number of hydrogen-bond acceptors (Lipinski definition) is 4. The molecule has 0 atom stereocenters. The number of halogens is 1. The van der Waals surface area contributed by atoms with E-state index in [1.807, 2.05) is 0 Å². The van der Waals surface area contributed by atoms with Crippen molar-refractivity contribution in [2.75, 3.05) is 38.0 Å². The molecule has 0 spiro atoms. The van der Waals surface area contributed by atoms with Crippen molar-refractivity contribution in [2.45, 2.75) is 6.92 Å². The SMILES string of the molecule is CCN1CCN(C(=O)c2cc(C(=O)Nc3cccc(F)c3)ccn2)CC1. The highest BCUT2D eigenvalue weighted by Crippen LogP contribution is 2.13. The summed E-state index contributed by atoms with van der Waals surface area (Å²) in [5.74, 6) is -1.02. The summed E-state index contributed by atoms with van der Waals surface area (Å²) in [5.41, 5.74) is 0.900. The molecule has 1 aromatic carbocycles. The molecule has 1 fully saturated rings. The van der Waals surface area contributed by atoms with Crippen molar-refractivity contribution in [1.82, 2.24) is 14.8 Å². The zero-order chi connectivity index (χ0) is 18.5. The summed E-state index contributed by atoms with van der Waals surface area (Å²) in [6.45, 7) is 6.03. The Balaban J connectivity index is 1.69. The molecule has 136 valence electrons. The maximum absolute atomic E-state index is 13.2. The fraction of sp³-hybridized carbons (Fsp3) is 0.316. The first kappa shape index (κ1) is 18.0. The Morgan fingerprint density at radius 3 is 2.62 bits per heavy atom. The summed E-state index contributed by atoms with van der Waals surface area (Å²) in [6.07, 6.45) is 1.44. The third-order valence-corrected chi connectivity index (χ3v) is 4.43. The summed E-state index contributed by atoms with van der Waals surface area (Å²) < 4.78 is 13.2. The molecule has 0 unspecified atom stereocenters. The highest BCUT2D eigenvalue weighted by molar-refractivity contribution is 6.05. The molecular formula is C19H21FN4O2. The number of likely N-dealkylation sites (N-methyl/N-ethyl adjacent to an activating group) is 1. The first-order valence-corrected chi connectivity index (χ1v) is 8.61. The minimum atomic E-state index is -0.431. The molecule has 2 aromatic rings. The minimum Gasteiger partial charge on any atom is -0.335 e. The quantitative estimate of drug-likeness (QED) is 0.913. The van der Waals surface area contributed by atoms with Gasteiger partial charge in [-0.05, 0) is 36.9 Å². The Bertz CT molecular complexity index is 804. The van der Waals surface area contributed by atoms with Gasteiger partial charge in [0, 0.05) is 43.6 Å². The molecule has 7 heteroatoms. The van der Waals surface area contributed by atoms with Gasteiger partial charge in [0.25, 0.3) is 11.8 Å². The standard InChI is InChI=1S/C19H21FN4O2/c1-2-23-8-10-24(11-9-23)19(26)17-12-14(6-7-21-17)18(25)22-16-5-3-4-15(20)13-16/h3-7,12-13H,2,8-11H2,1H3,(H,22,25). The van der Waals surface area contributed by atoms with Crippen molar-refractivity contribution < 1.29 is 14.0 Å². The van der Waals surface area contributed by atoms with E-state index in [1.165, 1.54) is 36.5 Å². The second kappa shape index (κ2) is 8.05. The van der Waals surface area contributed by atoms with Gasteiger partial charge in [-0.15, -0.1) is 0 Å². The lowest BCUT2D eigenvalue weighted by Gasteiger charge is -2.33. The lowest BCUT2D eigenvalue weighted by Crippen LogP contribution is -2.48. The van der Waals surface area contributed by atoms with E-state index in [2.05, 4.69) is 22.1 Å². The van der Waals surface area contributed by atoms with Gasteiger partial charge in [-0.2, -0.15) is 0 Å². The highest BCUT2D eigenvalue weighted by atomic mass is 19.1. The summed E-state index contributed by atoms with van der Waals surface area (Å²) in [5, 5.41) is 2.62. The fourth-order valence-electron chi connectivity index (χ4n) is 2.89. The Labute approximate surface area is 151 Å². The molecule has 1 aromatic heterocycles. The van der Waals surface area contributed by atoms with E-state index < -0.39 is 11.7 Å². The van der Waals surface area contributed by atoms with E-state index in [1.54, 1.807) is 11.0 Å². The Morgan fingerprint density at radius 1 is 1.15 bits per heavy atom. The third-order valence-electron chi connectivity index (χ3n) is 4.43. The number of nitrogens with one attached hydrogen (secondary N) is 1. The maximum Gasteiger partial charge on any atom is 0.272 e. The molecule has 0 radical (unpaired) electrons.